The summed E-state index contributed by atoms with van der Waals surface area (Å²) in [5.74, 6) is 0.349. The summed E-state index contributed by atoms with van der Waals surface area (Å²) in [4.78, 5) is 18.3. The van der Waals surface area contributed by atoms with Crippen LogP contribution < -0.4 is 10.2 Å². The molecular weight excluding hydrogens is 304 g/mol. The van der Waals surface area contributed by atoms with Crippen molar-refractivity contribution in [2.24, 2.45) is 5.92 Å². The van der Waals surface area contributed by atoms with Crippen LogP contribution in [0.25, 0.3) is 0 Å². The van der Waals surface area contributed by atoms with Crippen molar-refractivity contribution in [1.29, 1.82) is 5.26 Å². The Morgan fingerprint density at radius 2 is 2.25 bits per heavy atom. The zero-order valence-electron chi connectivity index (χ0n) is 14.9. The van der Waals surface area contributed by atoms with Gasteiger partial charge in [-0.2, -0.15) is 5.26 Å². The topological polar surface area (TPSA) is 78.2 Å². The number of amides is 1. The molecule has 0 spiro atoms. The molecule has 1 saturated heterocycles. The number of alkyl carbamates (subject to hydrolysis) is 1. The Kier molecular flexibility index (Phi) is 5.66. The summed E-state index contributed by atoms with van der Waals surface area (Å²) >= 11 is 0. The highest BCUT2D eigenvalue weighted by Gasteiger charge is 2.27. The lowest BCUT2D eigenvalue weighted by Crippen LogP contribution is -2.47. The number of pyridine rings is 1. The fraction of sp³-hybridized carbons (Fsp3) is 0.611. The van der Waals surface area contributed by atoms with Gasteiger partial charge in [-0.1, -0.05) is 0 Å². The first-order chi connectivity index (χ1) is 11.3. The third-order valence-corrected chi connectivity index (χ3v) is 4.14. The van der Waals surface area contributed by atoms with E-state index >= 15 is 0 Å². The van der Waals surface area contributed by atoms with Crippen LogP contribution in [0.1, 0.15) is 46.2 Å². The van der Waals surface area contributed by atoms with Gasteiger partial charge in [-0.3, -0.25) is 0 Å². The number of carbonyl (C=O) groups is 1. The Morgan fingerprint density at radius 1 is 1.50 bits per heavy atom. The molecule has 1 aliphatic heterocycles. The Balaban J connectivity index is 1.94. The van der Waals surface area contributed by atoms with Crippen molar-refractivity contribution in [2.45, 2.75) is 52.2 Å². The van der Waals surface area contributed by atoms with Gasteiger partial charge in [0.15, 0.2) is 0 Å². The van der Waals surface area contributed by atoms with Gasteiger partial charge < -0.3 is 15.0 Å². The van der Waals surface area contributed by atoms with E-state index in [4.69, 9.17) is 10.00 Å². The van der Waals surface area contributed by atoms with Gasteiger partial charge in [-0.15, -0.1) is 0 Å². The molecule has 130 valence electrons. The number of ether oxygens (including phenoxy) is 1. The van der Waals surface area contributed by atoms with Crippen molar-refractivity contribution in [3.8, 4) is 6.07 Å². The number of nitrogens with zero attached hydrogens (tertiary/aromatic N) is 3. The zero-order valence-corrected chi connectivity index (χ0v) is 14.9. The van der Waals surface area contributed by atoms with Crippen LogP contribution in [0.5, 0.6) is 0 Å². The Morgan fingerprint density at radius 3 is 2.83 bits per heavy atom. The van der Waals surface area contributed by atoms with Gasteiger partial charge in [-0.05, 0) is 58.6 Å². The first-order valence-corrected chi connectivity index (χ1v) is 8.39. The summed E-state index contributed by atoms with van der Waals surface area (Å²) in [6.07, 6.45) is 3.50. The molecule has 2 rings (SSSR count). The summed E-state index contributed by atoms with van der Waals surface area (Å²) in [6.45, 7) is 9.41. The molecule has 24 heavy (non-hydrogen) atoms. The molecule has 1 amide bonds. The predicted molar refractivity (Wildman–Crippen MR) is 92.7 cm³/mol. The first-order valence-electron chi connectivity index (χ1n) is 8.39. The maximum Gasteiger partial charge on any atom is 0.407 e. The summed E-state index contributed by atoms with van der Waals surface area (Å²) in [5, 5.41) is 11.8. The van der Waals surface area contributed by atoms with Crippen LogP contribution in [0.15, 0.2) is 18.3 Å². The lowest BCUT2D eigenvalue weighted by Gasteiger charge is -2.37. The third kappa shape index (κ3) is 5.12. The predicted octanol–water partition coefficient (Wildman–Crippen LogP) is 3.08. The van der Waals surface area contributed by atoms with E-state index in [1.807, 2.05) is 39.8 Å². The fourth-order valence-corrected chi connectivity index (χ4v) is 2.90. The average molecular weight is 330 g/mol. The molecule has 6 heteroatoms. The summed E-state index contributed by atoms with van der Waals surface area (Å²) in [5.41, 5.74) is 0.951. The third-order valence-electron chi connectivity index (χ3n) is 4.14. The highest BCUT2D eigenvalue weighted by molar-refractivity contribution is 5.68. The van der Waals surface area contributed by atoms with E-state index in [0.29, 0.717) is 11.6 Å². The minimum Gasteiger partial charge on any atom is -0.444 e. The molecule has 6 nitrogen and oxygen atoms in total. The largest absolute Gasteiger partial charge is 0.444 e. The summed E-state index contributed by atoms with van der Waals surface area (Å²) < 4.78 is 5.33. The molecule has 2 atom stereocenters. The van der Waals surface area contributed by atoms with E-state index in [9.17, 15) is 4.79 Å². The summed E-state index contributed by atoms with van der Waals surface area (Å²) in [7, 11) is 0. The Hall–Kier alpha value is -2.29. The van der Waals surface area contributed by atoms with Gasteiger partial charge in [0.25, 0.3) is 0 Å². The van der Waals surface area contributed by atoms with Crippen LogP contribution in [-0.2, 0) is 4.74 Å². The molecule has 0 aromatic carbocycles. The number of piperidine rings is 1. The second-order valence-corrected chi connectivity index (χ2v) is 7.30. The van der Waals surface area contributed by atoms with Crippen LogP contribution in [0.2, 0.25) is 0 Å². The second kappa shape index (κ2) is 7.52. The SMILES string of the molecule is C[C@H](NC(=O)OC(C)(C)C)[C@@H]1CCCN(c2ccc(C#N)nc2)C1. The second-order valence-electron chi connectivity index (χ2n) is 7.30. The molecule has 0 saturated carbocycles. The van der Waals surface area contributed by atoms with Crippen LogP contribution in [-0.4, -0.2) is 35.8 Å². The number of hydrogen-bond donors (Lipinski definition) is 1. The van der Waals surface area contributed by atoms with Gasteiger partial charge in [0.2, 0.25) is 0 Å². The van der Waals surface area contributed by atoms with Crippen molar-refractivity contribution in [1.82, 2.24) is 10.3 Å². The van der Waals surface area contributed by atoms with E-state index < -0.39 is 5.60 Å². The Bertz CT molecular complexity index is 601. The first kappa shape index (κ1) is 18.1. The van der Waals surface area contributed by atoms with E-state index in [2.05, 4.69) is 15.2 Å². The molecule has 1 fully saturated rings. The van der Waals surface area contributed by atoms with Crippen LogP contribution in [0.3, 0.4) is 0 Å². The molecule has 1 N–H and O–H groups in total. The van der Waals surface area contributed by atoms with Gasteiger partial charge in [-0.25, -0.2) is 9.78 Å². The number of hydrogen-bond acceptors (Lipinski definition) is 5. The maximum atomic E-state index is 11.9. The number of rotatable bonds is 3. The van der Waals surface area contributed by atoms with Crippen molar-refractivity contribution >= 4 is 11.8 Å². The zero-order chi connectivity index (χ0) is 17.7. The molecular formula is C18H26N4O2. The van der Waals surface area contributed by atoms with Gasteiger partial charge in [0, 0.05) is 19.1 Å². The van der Waals surface area contributed by atoms with Crippen molar-refractivity contribution in [3.05, 3.63) is 24.0 Å². The quantitative estimate of drug-likeness (QED) is 0.921. The monoisotopic (exact) mass is 330 g/mol. The minimum absolute atomic E-state index is 0.0361. The number of aromatic nitrogens is 1. The smallest absolute Gasteiger partial charge is 0.407 e. The summed E-state index contributed by atoms with van der Waals surface area (Å²) in [6, 6.07) is 5.74. The van der Waals surface area contributed by atoms with E-state index in [1.54, 1.807) is 12.3 Å². The fourth-order valence-electron chi connectivity index (χ4n) is 2.90. The number of anilines is 1. The van der Waals surface area contributed by atoms with Crippen molar-refractivity contribution in [2.75, 3.05) is 18.0 Å². The number of carbonyl (C=O) groups excluding carboxylic acids is 1. The van der Waals surface area contributed by atoms with Crippen LogP contribution in [0.4, 0.5) is 10.5 Å². The van der Waals surface area contributed by atoms with Crippen LogP contribution >= 0.6 is 0 Å². The normalized spacial score (nSPS) is 19.3. The maximum absolute atomic E-state index is 11.9. The van der Waals surface area contributed by atoms with Gasteiger partial charge in [0.05, 0.1) is 11.9 Å². The van der Waals surface area contributed by atoms with E-state index in [1.165, 1.54) is 0 Å². The standard InChI is InChI=1S/C18H26N4O2/c1-13(21-17(23)24-18(2,3)4)14-6-5-9-22(12-14)16-8-7-15(10-19)20-11-16/h7-8,11,13-14H,5-6,9,12H2,1-4H3,(H,21,23)/t13-,14+/m0/s1. The molecule has 0 radical (unpaired) electrons. The number of nitriles is 1. The Labute approximate surface area is 143 Å². The minimum atomic E-state index is -0.490. The van der Waals surface area contributed by atoms with Gasteiger partial charge in [0.1, 0.15) is 17.4 Å². The van der Waals surface area contributed by atoms with Crippen molar-refractivity contribution in [3.63, 3.8) is 0 Å². The molecule has 2 heterocycles. The number of nitrogens with one attached hydrogen (secondary N) is 1. The highest BCUT2D eigenvalue weighted by Crippen LogP contribution is 2.25. The molecule has 0 unspecified atom stereocenters. The lowest BCUT2D eigenvalue weighted by molar-refractivity contribution is 0.0489. The highest BCUT2D eigenvalue weighted by atomic mass is 16.6. The van der Waals surface area contributed by atoms with E-state index in [-0.39, 0.29) is 12.1 Å². The van der Waals surface area contributed by atoms with Crippen molar-refractivity contribution < 1.29 is 9.53 Å². The van der Waals surface area contributed by atoms with Gasteiger partial charge >= 0.3 is 6.09 Å². The van der Waals surface area contributed by atoms with Crippen LogP contribution in [0, 0.1) is 17.2 Å². The molecule has 0 bridgehead atoms. The lowest BCUT2D eigenvalue weighted by atomic mass is 9.91. The molecule has 1 aromatic heterocycles. The molecule has 1 aromatic rings. The molecule has 1 aliphatic rings. The average Bonchev–Trinajstić information content (AvgIpc) is 2.53. The van der Waals surface area contributed by atoms with E-state index in [0.717, 1.165) is 31.6 Å². The molecule has 0 aliphatic carbocycles.